The van der Waals surface area contributed by atoms with Crippen LogP contribution in [0.25, 0.3) is 0 Å². The quantitative estimate of drug-likeness (QED) is 0.282. The molecule has 0 saturated heterocycles. The van der Waals surface area contributed by atoms with E-state index in [1.54, 1.807) is 0 Å². The fourth-order valence-electron chi connectivity index (χ4n) is 1.84. The first kappa shape index (κ1) is 31.3. The van der Waals surface area contributed by atoms with Crippen molar-refractivity contribution in [1.82, 2.24) is 0 Å². The van der Waals surface area contributed by atoms with E-state index < -0.39 is 30.4 Å². The summed E-state index contributed by atoms with van der Waals surface area (Å²) in [5.41, 5.74) is 0. The summed E-state index contributed by atoms with van der Waals surface area (Å²) in [7, 11) is -12.7. The Labute approximate surface area is 205 Å². The Morgan fingerprint density at radius 1 is 0.529 bits per heavy atom. The van der Waals surface area contributed by atoms with Crippen molar-refractivity contribution in [1.29, 1.82) is 0 Å². The Kier molecular flexibility index (Phi) is 11.7. The first-order valence-electron chi connectivity index (χ1n) is 8.24. The van der Waals surface area contributed by atoms with Gasteiger partial charge in [-0.3, -0.25) is 9.11 Å². The molecule has 0 heterocycles. The molecule has 0 unspecified atom stereocenters. The van der Waals surface area contributed by atoms with Crippen molar-refractivity contribution in [2.24, 2.45) is 0 Å². The number of hydrogen-bond donors (Lipinski definition) is 3. The van der Waals surface area contributed by atoms with Gasteiger partial charge in [0.05, 0.1) is 14.7 Å². The molecule has 12 nitrogen and oxygen atoms in total. The van der Waals surface area contributed by atoms with Crippen LogP contribution in [0.3, 0.4) is 0 Å². The molecule has 34 heavy (non-hydrogen) atoms. The van der Waals surface area contributed by atoms with Gasteiger partial charge < -0.3 is 19.9 Å². The molecule has 3 N–H and O–H groups in total. The summed E-state index contributed by atoms with van der Waals surface area (Å²) in [5, 5.41) is 29.7. The molecule has 0 spiro atoms. The van der Waals surface area contributed by atoms with Crippen molar-refractivity contribution >= 4 is 30.4 Å². The summed E-state index contributed by atoms with van der Waals surface area (Å²) < 4.78 is 89.4. The van der Waals surface area contributed by atoms with Crippen molar-refractivity contribution in [2.45, 2.75) is 14.7 Å². The monoisotopic (exact) mass is 577 g/mol. The second kappa shape index (κ2) is 12.7. The predicted octanol–water partition coefficient (Wildman–Crippen LogP) is 0.308. The van der Waals surface area contributed by atoms with Crippen LogP contribution >= 0.6 is 0 Å². The Balaban J connectivity index is 0.000000473. The maximum Gasteiger partial charge on any atom is 3.00 e. The van der Waals surface area contributed by atoms with E-state index in [9.17, 15) is 40.0 Å². The zero-order valence-electron chi connectivity index (χ0n) is 16.5. The third kappa shape index (κ3) is 11.4. The molecule has 0 aliphatic rings. The molecule has 0 amide bonds. The van der Waals surface area contributed by atoms with Gasteiger partial charge in [-0.1, -0.05) is 24.3 Å². The fraction of sp³-hybridized carbons (Fsp3) is 0. The van der Waals surface area contributed by atoms with Crippen LogP contribution in [-0.4, -0.2) is 44.0 Å². The van der Waals surface area contributed by atoms with E-state index in [4.69, 9.17) is 14.2 Å². The average Bonchev–Trinajstić information content (AvgIpc) is 2.68. The fourth-order valence-corrected chi connectivity index (χ4v) is 3.27. The number of rotatable bonds is 3. The number of phenols is 1. The van der Waals surface area contributed by atoms with Crippen LogP contribution in [0, 0.1) is 0 Å². The Hall–Kier alpha value is -2.72. The van der Waals surface area contributed by atoms with Gasteiger partial charge >= 0.3 is 16.5 Å². The molecule has 3 aromatic carbocycles. The third-order valence-corrected chi connectivity index (χ3v) is 5.95. The maximum absolute atomic E-state index is 10.5. The molecule has 0 bridgehead atoms. The van der Waals surface area contributed by atoms with Gasteiger partial charge in [-0.25, -0.2) is 8.42 Å². The van der Waals surface area contributed by atoms with Crippen LogP contribution in [0.4, 0.5) is 0 Å². The number of hydrogen-bond acceptors (Lipinski definition) is 10. The maximum atomic E-state index is 10.5. The predicted molar refractivity (Wildman–Crippen MR) is 107 cm³/mol. The average molecular weight is 578 g/mol. The molecule has 16 heteroatoms. The summed E-state index contributed by atoms with van der Waals surface area (Å²) in [6.45, 7) is 0. The number of benzene rings is 3. The SMILES string of the molecule is O=S(=O)(O)c1ccc(O)cc1.O=S(=O)(O)c1ccc([O-])cc1.O=S(=O)([O-])c1ccc([O-])cc1.[Ni+3]. The van der Waals surface area contributed by atoms with Gasteiger partial charge in [0.1, 0.15) is 15.9 Å². The van der Waals surface area contributed by atoms with Crippen LogP contribution in [0.15, 0.2) is 87.5 Å². The van der Waals surface area contributed by atoms with E-state index >= 15 is 0 Å². The largest absolute Gasteiger partial charge is 3.00 e. The van der Waals surface area contributed by atoms with E-state index in [1.165, 1.54) is 12.1 Å². The first-order chi connectivity index (χ1) is 15.0. The first-order valence-corrected chi connectivity index (χ1v) is 12.5. The minimum absolute atomic E-state index is 0. The van der Waals surface area contributed by atoms with Crippen LogP contribution in [-0.2, 0) is 46.8 Å². The van der Waals surface area contributed by atoms with Gasteiger partial charge in [0, 0.05) is 0 Å². The minimum Gasteiger partial charge on any atom is -0.872 e. The minimum atomic E-state index is -4.41. The van der Waals surface area contributed by atoms with Crippen molar-refractivity contribution in [3.63, 3.8) is 0 Å². The molecule has 0 aromatic heterocycles. The van der Waals surface area contributed by atoms with Crippen molar-refractivity contribution in [2.75, 3.05) is 0 Å². The molecule has 0 fully saturated rings. The molecule has 187 valence electrons. The van der Waals surface area contributed by atoms with Crippen LogP contribution < -0.4 is 10.2 Å². The smallest absolute Gasteiger partial charge is 0.872 e. The summed E-state index contributed by atoms with van der Waals surface area (Å²) in [6.07, 6.45) is 0. The Morgan fingerprint density at radius 2 is 0.794 bits per heavy atom. The molecule has 3 rings (SSSR count). The van der Waals surface area contributed by atoms with Crippen LogP contribution in [0.1, 0.15) is 0 Å². The molecule has 3 aromatic rings. The van der Waals surface area contributed by atoms with E-state index in [-0.39, 0.29) is 48.4 Å². The van der Waals surface area contributed by atoms with Crippen molar-refractivity contribution in [3.8, 4) is 17.2 Å². The summed E-state index contributed by atoms with van der Waals surface area (Å²) in [4.78, 5) is -0.871. The third-order valence-electron chi connectivity index (χ3n) is 3.37. The zero-order chi connectivity index (χ0) is 25.4. The summed E-state index contributed by atoms with van der Waals surface area (Å²) in [5.74, 6) is -0.660. The second-order valence-corrected chi connectivity index (χ2v) is 10.1. The van der Waals surface area contributed by atoms with E-state index in [2.05, 4.69) is 0 Å². The number of phenolic OH excluding ortho intramolecular Hbond substituents is 1. The van der Waals surface area contributed by atoms with E-state index in [0.717, 1.165) is 60.7 Å². The van der Waals surface area contributed by atoms with E-state index in [0.29, 0.717) is 0 Å². The molecule has 0 atom stereocenters. The van der Waals surface area contributed by atoms with Gasteiger partial charge in [0.15, 0.2) is 0 Å². The Morgan fingerprint density at radius 3 is 1.06 bits per heavy atom. The molecular formula is C18H15NiO12S3. The van der Waals surface area contributed by atoms with Crippen LogP contribution in [0.2, 0.25) is 0 Å². The van der Waals surface area contributed by atoms with Gasteiger partial charge in [-0.15, -0.1) is 11.5 Å². The second-order valence-electron chi connectivity index (χ2n) is 5.84. The van der Waals surface area contributed by atoms with Gasteiger partial charge in [-0.05, 0) is 48.5 Å². The van der Waals surface area contributed by atoms with Crippen molar-refractivity contribution in [3.05, 3.63) is 72.8 Å². The van der Waals surface area contributed by atoms with Gasteiger partial charge in [0.2, 0.25) is 0 Å². The normalized spacial score (nSPS) is 11.0. The van der Waals surface area contributed by atoms with Gasteiger partial charge in [-0.2, -0.15) is 16.8 Å². The van der Waals surface area contributed by atoms with E-state index in [1.807, 2.05) is 0 Å². The van der Waals surface area contributed by atoms with Crippen LogP contribution in [0.5, 0.6) is 17.2 Å². The summed E-state index contributed by atoms with van der Waals surface area (Å²) in [6, 6.07) is 12.9. The van der Waals surface area contributed by atoms with Crippen molar-refractivity contribution < 1.29 is 70.7 Å². The standard InChI is InChI=1S/3C6H6O4S.Ni/c3*7-5-1-3-6(4-2-5)11(8,9)10;/h3*1-4,7H,(H,8,9,10);/q;;;+3/p-3. The Bertz CT molecular complexity index is 1190. The molecule has 0 aliphatic heterocycles. The molecule has 1 radical (unpaired) electrons. The van der Waals surface area contributed by atoms with Gasteiger partial charge in [0.25, 0.3) is 20.2 Å². The molecular weight excluding hydrogens is 563 g/mol. The molecule has 0 saturated carbocycles. The zero-order valence-corrected chi connectivity index (χ0v) is 19.9. The molecule has 0 aliphatic carbocycles. The topological polar surface area (TPSA) is 232 Å². The summed E-state index contributed by atoms with van der Waals surface area (Å²) >= 11 is 0. The number of aromatic hydroxyl groups is 1.